The highest BCUT2D eigenvalue weighted by molar-refractivity contribution is 5.78. The summed E-state index contributed by atoms with van der Waals surface area (Å²) in [6.45, 7) is 2.93. The van der Waals surface area contributed by atoms with Crippen LogP contribution in [0.15, 0.2) is 10.3 Å². The highest BCUT2D eigenvalue weighted by Gasteiger charge is 2.15. The lowest BCUT2D eigenvalue weighted by Gasteiger charge is -2.05. The van der Waals surface area contributed by atoms with Crippen LogP contribution in [0, 0.1) is 0 Å². The Morgan fingerprint density at radius 2 is 2.56 bits per heavy atom. The second kappa shape index (κ2) is 2.57. The monoisotopic (exact) mass is 127 g/mol. The Morgan fingerprint density at radius 3 is 3.00 bits per heavy atom. The SMILES string of the molecule is CCCN1N=NCC1=O. The van der Waals surface area contributed by atoms with Crippen LogP contribution in [0.3, 0.4) is 0 Å². The van der Waals surface area contributed by atoms with Gasteiger partial charge in [-0.2, -0.15) is 5.11 Å². The van der Waals surface area contributed by atoms with Crippen molar-refractivity contribution < 1.29 is 4.79 Å². The number of hydrogen-bond acceptors (Lipinski definition) is 3. The topological polar surface area (TPSA) is 45.0 Å². The zero-order chi connectivity index (χ0) is 6.69. The molecule has 9 heavy (non-hydrogen) atoms. The van der Waals surface area contributed by atoms with Crippen LogP contribution in [0.1, 0.15) is 13.3 Å². The summed E-state index contributed by atoms with van der Waals surface area (Å²) < 4.78 is 0. The molecule has 0 aromatic carbocycles. The Labute approximate surface area is 53.5 Å². The fourth-order valence-electron chi connectivity index (χ4n) is 0.681. The smallest absolute Gasteiger partial charge is 0.267 e. The standard InChI is InChI=1S/C5H9N3O/c1-2-3-8-5(9)4-6-7-8/h2-4H2,1H3. The highest BCUT2D eigenvalue weighted by Crippen LogP contribution is 2.01. The molecule has 0 aromatic heterocycles. The molecule has 0 saturated carbocycles. The third-order valence-electron chi connectivity index (χ3n) is 1.10. The second-order valence-electron chi connectivity index (χ2n) is 1.91. The molecule has 1 amide bonds. The van der Waals surface area contributed by atoms with Gasteiger partial charge in [0.15, 0.2) is 0 Å². The Kier molecular flexibility index (Phi) is 1.77. The summed E-state index contributed by atoms with van der Waals surface area (Å²) in [5.41, 5.74) is 0. The minimum atomic E-state index is 0.0110. The first-order chi connectivity index (χ1) is 4.34. The van der Waals surface area contributed by atoms with E-state index in [4.69, 9.17) is 0 Å². The molecule has 0 bridgehead atoms. The van der Waals surface area contributed by atoms with E-state index in [1.807, 2.05) is 6.92 Å². The van der Waals surface area contributed by atoms with Crippen molar-refractivity contribution >= 4 is 5.91 Å². The van der Waals surface area contributed by atoms with Crippen LogP contribution < -0.4 is 0 Å². The zero-order valence-corrected chi connectivity index (χ0v) is 5.37. The van der Waals surface area contributed by atoms with Gasteiger partial charge in [-0.25, -0.2) is 5.01 Å². The van der Waals surface area contributed by atoms with E-state index >= 15 is 0 Å². The van der Waals surface area contributed by atoms with E-state index in [9.17, 15) is 4.79 Å². The predicted molar refractivity (Wildman–Crippen MR) is 31.7 cm³/mol. The van der Waals surface area contributed by atoms with Gasteiger partial charge in [0.2, 0.25) is 0 Å². The fraction of sp³-hybridized carbons (Fsp3) is 0.800. The number of carbonyl (C=O) groups excluding carboxylic acids is 1. The number of rotatable bonds is 2. The summed E-state index contributed by atoms with van der Waals surface area (Å²) in [6.07, 6.45) is 0.935. The highest BCUT2D eigenvalue weighted by atomic mass is 16.2. The summed E-state index contributed by atoms with van der Waals surface area (Å²) in [4.78, 5) is 10.7. The molecule has 0 atom stereocenters. The predicted octanol–water partition coefficient (Wildman–Crippen LogP) is 0.606. The molecule has 0 aliphatic carbocycles. The Bertz CT molecular complexity index is 143. The maximum Gasteiger partial charge on any atom is 0.267 e. The molecule has 1 aliphatic heterocycles. The molecular formula is C5H9N3O. The summed E-state index contributed by atoms with van der Waals surface area (Å²) in [6, 6.07) is 0. The van der Waals surface area contributed by atoms with Crippen LogP contribution in [0.4, 0.5) is 0 Å². The third kappa shape index (κ3) is 1.25. The van der Waals surface area contributed by atoms with E-state index in [0.717, 1.165) is 6.42 Å². The minimum Gasteiger partial charge on any atom is -0.271 e. The minimum absolute atomic E-state index is 0.0110. The Balaban J connectivity index is 2.40. The number of hydrogen-bond donors (Lipinski definition) is 0. The molecule has 0 fully saturated rings. The second-order valence-corrected chi connectivity index (χ2v) is 1.91. The van der Waals surface area contributed by atoms with E-state index < -0.39 is 0 Å². The number of carbonyl (C=O) groups is 1. The number of nitrogens with zero attached hydrogens (tertiary/aromatic N) is 3. The molecule has 0 aromatic rings. The average Bonchev–Trinajstić information content (AvgIpc) is 2.18. The summed E-state index contributed by atoms with van der Waals surface area (Å²) >= 11 is 0. The van der Waals surface area contributed by atoms with Crippen molar-refractivity contribution in [3.63, 3.8) is 0 Å². The van der Waals surface area contributed by atoms with Crippen LogP contribution in [-0.2, 0) is 4.79 Å². The molecule has 0 N–H and O–H groups in total. The van der Waals surface area contributed by atoms with Crippen molar-refractivity contribution in [2.75, 3.05) is 13.1 Å². The van der Waals surface area contributed by atoms with Gasteiger partial charge >= 0.3 is 0 Å². The van der Waals surface area contributed by atoms with Crippen molar-refractivity contribution in [1.82, 2.24) is 5.01 Å². The van der Waals surface area contributed by atoms with Gasteiger partial charge in [-0.1, -0.05) is 12.1 Å². The lowest BCUT2D eigenvalue weighted by atomic mass is 10.4. The van der Waals surface area contributed by atoms with Gasteiger partial charge in [-0.3, -0.25) is 4.79 Å². The van der Waals surface area contributed by atoms with Crippen LogP contribution >= 0.6 is 0 Å². The van der Waals surface area contributed by atoms with Crippen molar-refractivity contribution in [3.05, 3.63) is 0 Å². The first-order valence-electron chi connectivity index (χ1n) is 3.02. The van der Waals surface area contributed by atoms with Gasteiger partial charge < -0.3 is 0 Å². The third-order valence-corrected chi connectivity index (χ3v) is 1.10. The van der Waals surface area contributed by atoms with Crippen molar-refractivity contribution in [2.45, 2.75) is 13.3 Å². The van der Waals surface area contributed by atoms with E-state index in [-0.39, 0.29) is 12.5 Å². The van der Waals surface area contributed by atoms with Crippen molar-refractivity contribution in [3.8, 4) is 0 Å². The first kappa shape index (κ1) is 6.19. The van der Waals surface area contributed by atoms with Crippen LogP contribution in [0.25, 0.3) is 0 Å². The molecular weight excluding hydrogens is 118 g/mol. The van der Waals surface area contributed by atoms with Gasteiger partial charge in [-0.05, 0) is 6.42 Å². The average molecular weight is 127 g/mol. The molecule has 1 aliphatic rings. The molecule has 0 radical (unpaired) electrons. The summed E-state index contributed by atoms with van der Waals surface area (Å²) in [5, 5.41) is 8.58. The first-order valence-corrected chi connectivity index (χ1v) is 3.02. The van der Waals surface area contributed by atoms with E-state index in [2.05, 4.69) is 10.3 Å². The van der Waals surface area contributed by atoms with Gasteiger partial charge in [-0.15, -0.1) is 0 Å². The lowest BCUT2D eigenvalue weighted by Crippen LogP contribution is -2.23. The van der Waals surface area contributed by atoms with Gasteiger partial charge in [0.05, 0.1) is 0 Å². The Morgan fingerprint density at radius 1 is 1.78 bits per heavy atom. The quantitative estimate of drug-likeness (QED) is 0.535. The molecule has 50 valence electrons. The molecule has 0 saturated heterocycles. The maximum absolute atomic E-state index is 10.7. The van der Waals surface area contributed by atoms with E-state index in [1.165, 1.54) is 5.01 Å². The fourth-order valence-corrected chi connectivity index (χ4v) is 0.681. The molecule has 4 nitrogen and oxygen atoms in total. The van der Waals surface area contributed by atoms with Crippen molar-refractivity contribution in [2.24, 2.45) is 10.3 Å². The summed E-state index contributed by atoms with van der Waals surface area (Å²) in [7, 11) is 0. The normalized spacial score (nSPS) is 17.4. The van der Waals surface area contributed by atoms with Crippen molar-refractivity contribution in [1.29, 1.82) is 0 Å². The van der Waals surface area contributed by atoms with E-state index in [0.29, 0.717) is 6.54 Å². The van der Waals surface area contributed by atoms with Crippen LogP contribution in [-0.4, -0.2) is 24.0 Å². The number of amides is 1. The summed E-state index contributed by atoms with van der Waals surface area (Å²) in [5.74, 6) is 0.0110. The molecule has 4 heteroatoms. The van der Waals surface area contributed by atoms with E-state index in [1.54, 1.807) is 0 Å². The molecule has 1 heterocycles. The van der Waals surface area contributed by atoms with Gasteiger partial charge in [0.25, 0.3) is 5.91 Å². The lowest BCUT2D eigenvalue weighted by molar-refractivity contribution is -0.127. The van der Waals surface area contributed by atoms with Gasteiger partial charge in [0.1, 0.15) is 6.54 Å². The largest absolute Gasteiger partial charge is 0.271 e. The molecule has 0 spiro atoms. The van der Waals surface area contributed by atoms with Crippen LogP contribution in [0.2, 0.25) is 0 Å². The molecule has 0 unspecified atom stereocenters. The van der Waals surface area contributed by atoms with Gasteiger partial charge in [0, 0.05) is 6.54 Å². The Hall–Kier alpha value is -0.930. The van der Waals surface area contributed by atoms with Crippen LogP contribution in [0.5, 0.6) is 0 Å². The molecule has 1 rings (SSSR count). The maximum atomic E-state index is 10.7. The zero-order valence-electron chi connectivity index (χ0n) is 5.37.